The summed E-state index contributed by atoms with van der Waals surface area (Å²) in [6.07, 6.45) is 1.20. The summed E-state index contributed by atoms with van der Waals surface area (Å²) in [5, 5.41) is 12.1. The number of ether oxygens (including phenoxy) is 3. The molecule has 24 heavy (non-hydrogen) atoms. The second-order valence-corrected chi connectivity index (χ2v) is 5.48. The Bertz CT molecular complexity index is 618. The number of nitro groups is 1. The molecule has 0 fully saturated rings. The summed E-state index contributed by atoms with van der Waals surface area (Å²) in [7, 11) is 2.21. The molecule has 0 heterocycles. The molecule has 0 aromatic heterocycles. The van der Waals surface area contributed by atoms with Crippen LogP contribution in [0, 0.1) is 10.1 Å². The van der Waals surface area contributed by atoms with Crippen LogP contribution in [0.3, 0.4) is 0 Å². The van der Waals surface area contributed by atoms with Crippen molar-refractivity contribution in [1.82, 2.24) is 0 Å². The van der Waals surface area contributed by atoms with Gasteiger partial charge < -0.3 is 14.2 Å². The van der Waals surface area contributed by atoms with E-state index in [4.69, 9.17) is 4.74 Å². The molecule has 1 aromatic carbocycles. The first kappa shape index (κ1) is 20.0. The molecule has 0 radical (unpaired) electrons. The summed E-state index contributed by atoms with van der Waals surface area (Å²) in [5.41, 5.74) is -0.624. The Labute approximate surface area is 147 Å². The van der Waals surface area contributed by atoms with Crippen molar-refractivity contribution in [2.24, 2.45) is 0 Å². The topological polar surface area (TPSA) is 105 Å². The van der Waals surface area contributed by atoms with Crippen LogP contribution in [0.2, 0.25) is 0 Å². The van der Waals surface area contributed by atoms with Crippen molar-refractivity contribution >= 4 is 33.6 Å². The molecule has 132 valence electrons. The maximum atomic E-state index is 11.9. The van der Waals surface area contributed by atoms with Crippen LogP contribution < -0.4 is 0 Å². The van der Waals surface area contributed by atoms with Gasteiger partial charge in [-0.05, 0) is 24.5 Å². The highest BCUT2D eigenvalue weighted by Gasteiger charge is 2.29. The van der Waals surface area contributed by atoms with Crippen molar-refractivity contribution in [3.05, 3.63) is 38.9 Å². The monoisotopic (exact) mass is 403 g/mol. The first-order valence-electron chi connectivity index (χ1n) is 7.07. The molecule has 0 atom stereocenters. The van der Waals surface area contributed by atoms with E-state index < -0.39 is 28.1 Å². The van der Waals surface area contributed by atoms with Crippen LogP contribution >= 0.6 is 15.9 Å². The average Bonchev–Trinajstić information content (AvgIpc) is 2.59. The zero-order valence-corrected chi connectivity index (χ0v) is 15.0. The van der Waals surface area contributed by atoms with Gasteiger partial charge >= 0.3 is 11.9 Å². The SMILES string of the molecule is COC(=O)c1cc(CCOCCCBr)cc([N+](=O)[O-])c1C(=O)OC. The first-order chi connectivity index (χ1) is 11.5. The largest absolute Gasteiger partial charge is 0.465 e. The summed E-state index contributed by atoms with van der Waals surface area (Å²) in [6.45, 7) is 0.889. The molecule has 8 nitrogen and oxygen atoms in total. The van der Waals surface area contributed by atoms with Gasteiger partial charge in [0.15, 0.2) is 5.56 Å². The van der Waals surface area contributed by atoms with Gasteiger partial charge in [0.2, 0.25) is 0 Å². The molecule has 0 saturated carbocycles. The lowest BCUT2D eigenvalue weighted by atomic mass is 10.00. The summed E-state index contributed by atoms with van der Waals surface area (Å²) in [5.74, 6) is -1.82. The van der Waals surface area contributed by atoms with E-state index in [9.17, 15) is 19.7 Å². The van der Waals surface area contributed by atoms with Gasteiger partial charge in [-0.25, -0.2) is 9.59 Å². The quantitative estimate of drug-likeness (QED) is 0.205. The van der Waals surface area contributed by atoms with Gasteiger partial charge in [0, 0.05) is 18.0 Å². The molecular weight excluding hydrogens is 386 g/mol. The minimum absolute atomic E-state index is 0.200. The highest BCUT2D eigenvalue weighted by Crippen LogP contribution is 2.27. The fourth-order valence-electron chi connectivity index (χ4n) is 2.01. The lowest BCUT2D eigenvalue weighted by Gasteiger charge is -2.10. The Balaban J connectivity index is 3.19. The average molecular weight is 404 g/mol. The van der Waals surface area contributed by atoms with Gasteiger partial charge in [0.1, 0.15) is 0 Å². The zero-order chi connectivity index (χ0) is 18.1. The molecule has 0 aliphatic heterocycles. The first-order valence-corrected chi connectivity index (χ1v) is 8.20. The smallest absolute Gasteiger partial charge is 0.345 e. The number of esters is 2. The Morgan fingerprint density at radius 1 is 1.17 bits per heavy atom. The number of carbonyl (C=O) groups excluding carboxylic acids is 2. The van der Waals surface area contributed by atoms with E-state index >= 15 is 0 Å². The molecule has 0 bridgehead atoms. The van der Waals surface area contributed by atoms with Gasteiger partial charge in [0.25, 0.3) is 5.69 Å². The standard InChI is InChI=1S/C15H18BrNO7/c1-22-14(18)11-8-10(4-7-24-6-3-5-16)9-12(17(20)21)13(11)15(19)23-2/h8-9H,3-7H2,1-2H3. The third kappa shape index (κ3) is 5.27. The minimum Gasteiger partial charge on any atom is -0.465 e. The van der Waals surface area contributed by atoms with Crippen molar-refractivity contribution in [3.63, 3.8) is 0 Å². The van der Waals surface area contributed by atoms with Crippen molar-refractivity contribution in [3.8, 4) is 0 Å². The number of nitro benzene ring substituents is 1. The number of rotatable bonds is 9. The fraction of sp³-hybridized carbons (Fsp3) is 0.467. The van der Waals surface area contributed by atoms with Gasteiger partial charge in [-0.3, -0.25) is 10.1 Å². The van der Waals surface area contributed by atoms with Crippen LogP contribution in [0.4, 0.5) is 5.69 Å². The second kappa shape index (κ2) is 9.99. The molecule has 0 aliphatic rings. The number of alkyl halides is 1. The van der Waals surface area contributed by atoms with Crippen LogP contribution in [-0.4, -0.2) is 49.6 Å². The molecule has 0 unspecified atom stereocenters. The van der Waals surface area contributed by atoms with Gasteiger partial charge in [-0.1, -0.05) is 15.9 Å². The number of nitrogens with zero attached hydrogens (tertiary/aromatic N) is 1. The predicted octanol–water partition coefficient (Wildman–Crippen LogP) is 2.51. The summed E-state index contributed by atoms with van der Waals surface area (Å²) in [6, 6.07) is 2.63. The molecule has 1 rings (SSSR count). The van der Waals surface area contributed by atoms with Gasteiger partial charge in [-0.15, -0.1) is 0 Å². The molecule has 0 aliphatic carbocycles. The molecule has 9 heteroatoms. The van der Waals surface area contributed by atoms with Crippen LogP contribution in [0.15, 0.2) is 12.1 Å². The Morgan fingerprint density at radius 2 is 1.83 bits per heavy atom. The Morgan fingerprint density at radius 3 is 2.38 bits per heavy atom. The molecular formula is C15H18BrNO7. The number of hydrogen-bond acceptors (Lipinski definition) is 7. The van der Waals surface area contributed by atoms with Crippen molar-refractivity contribution in [2.75, 3.05) is 32.8 Å². The van der Waals surface area contributed by atoms with Gasteiger partial charge in [-0.2, -0.15) is 0 Å². The minimum atomic E-state index is -0.970. The molecule has 1 aromatic rings. The van der Waals surface area contributed by atoms with Crippen LogP contribution in [0.1, 0.15) is 32.7 Å². The van der Waals surface area contributed by atoms with E-state index in [0.29, 0.717) is 25.2 Å². The van der Waals surface area contributed by atoms with E-state index in [0.717, 1.165) is 26.0 Å². The molecule has 0 spiro atoms. The van der Waals surface area contributed by atoms with E-state index in [1.807, 2.05) is 0 Å². The maximum absolute atomic E-state index is 11.9. The zero-order valence-electron chi connectivity index (χ0n) is 13.4. The van der Waals surface area contributed by atoms with E-state index in [1.54, 1.807) is 0 Å². The normalized spacial score (nSPS) is 10.3. The van der Waals surface area contributed by atoms with E-state index in [1.165, 1.54) is 12.1 Å². The predicted molar refractivity (Wildman–Crippen MR) is 88.7 cm³/mol. The van der Waals surface area contributed by atoms with Crippen molar-refractivity contribution in [1.29, 1.82) is 0 Å². The fourth-order valence-corrected chi connectivity index (χ4v) is 2.24. The number of halogens is 1. The third-order valence-corrected chi connectivity index (χ3v) is 3.69. The number of carbonyl (C=O) groups is 2. The number of benzene rings is 1. The lowest BCUT2D eigenvalue weighted by molar-refractivity contribution is -0.385. The van der Waals surface area contributed by atoms with Crippen LogP contribution in [-0.2, 0) is 20.6 Å². The van der Waals surface area contributed by atoms with Crippen LogP contribution in [0.5, 0.6) is 0 Å². The second-order valence-electron chi connectivity index (χ2n) is 4.68. The van der Waals surface area contributed by atoms with Crippen molar-refractivity contribution in [2.45, 2.75) is 12.8 Å². The maximum Gasteiger partial charge on any atom is 0.345 e. The Hall–Kier alpha value is -2.00. The number of methoxy groups -OCH3 is 2. The van der Waals surface area contributed by atoms with Gasteiger partial charge in [0.05, 0.1) is 31.3 Å². The third-order valence-electron chi connectivity index (χ3n) is 3.13. The molecule has 0 N–H and O–H groups in total. The summed E-state index contributed by atoms with van der Waals surface area (Å²) >= 11 is 3.28. The molecule has 0 amide bonds. The van der Waals surface area contributed by atoms with Crippen molar-refractivity contribution < 1.29 is 28.7 Å². The number of hydrogen-bond donors (Lipinski definition) is 0. The highest BCUT2D eigenvalue weighted by atomic mass is 79.9. The highest BCUT2D eigenvalue weighted by molar-refractivity contribution is 9.09. The lowest BCUT2D eigenvalue weighted by Crippen LogP contribution is -2.15. The molecule has 0 saturated heterocycles. The van der Waals surface area contributed by atoms with E-state index in [2.05, 4.69) is 25.4 Å². The van der Waals surface area contributed by atoms with Crippen LogP contribution in [0.25, 0.3) is 0 Å². The summed E-state index contributed by atoms with van der Waals surface area (Å²) in [4.78, 5) is 34.3. The summed E-state index contributed by atoms with van der Waals surface area (Å²) < 4.78 is 14.6. The Kier molecular flexibility index (Phi) is 8.34. The van der Waals surface area contributed by atoms with E-state index in [-0.39, 0.29) is 5.56 Å².